The summed E-state index contributed by atoms with van der Waals surface area (Å²) in [6, 6.07) is 0. The van der Waals surface area contributed by atoms with Crippen LogP contribution in [0.25, 0.3) is 0 Å². The van der Waals surface area contributed by atoms with Gasteiger partial charge in [-0.2, -0.15) is 6.08 Å². The van der Waals surface area contributed by atoms with Gasteiger partial charge in [-0.1, -0.05) is 59.8 Å². The summed E-state index contributed by atoms with van der Waals surface area (Å²) in [7, 11) is 0. The van der Waals surface area contributed by atoms with Gasteiger partial charge in [-0.05, 0) is 23.8 Å². The summed E-state index contributed by atoms with van der Waals surface area (Å²) >= 11 is 2.13. The van der Waals surface area contributed by atoms with Gasteiger partial charge in [0.15, 0.2) is 0 Å². The molecule has 0 fully saturated rings. The van der Waals surface area contributed by atoms with Gasteiger partial charge in [0.1, 0.15) is 0 Å². The second-order valence-corrected chi connectivity index (χ2v) is 10.4. The summed E-state index contributed by atoms with van der Waals surface area (Å²) in [4.78, 5) is 0. The maximum atomic E-state index is 3.53. The van der Waals surface area contributed by atoms with Crippen LogP contribution in [0.2, 0.25) is 0 Å². The predicted octanol–water partition coefficient (Wildman–Crippen LogP) is 0.274. The molecule has 1 atom stereocenters. The first-order valence-electron chi connectivity index (χ1n) is 7.97. The molecule has 0 aliphatic heterocycles. The fourth-order valence-corrected chi connectivity index (χ4v) is 5.45. The molecule has 0 aromatic heterocycles. The van der Waals surface area contributed by atoms with E-state index in [9.17, 15) is 0 Å². The fraction of sp³-hybridized carbons (Fsp3) is 0.600. The van der Waals surface area contributed by atoms with Crippen LogP contribution in [-0.4, -0.2) is 9.49 Å². The third-order valence-corrected chi connectivity index (χ3v) is 5.42. The molecule has 0 N–H and O–H groups in total. The van der Waals surface area contributed by atoms with E-state index in [-0.39, 0.29) is 61.4 Å². The van der Waals surface area contributed by atoms with Crippen LogP contribution in [0.1, 0.15) is 60.8 Å². The Morgan fingerprint density at radius 3 is 2.17 bits per heavy atom. The molecule has 1 unspecified atom stereocenters. The second-order valence-electron chi connectivity index (χ2n) is 8.16. The number of halogens is 2. The van der Waals surface area contributed by atoms with Crippen molar-refractivity contribution in [2.24, 2.45) is 5.41 Å². The van der Waals surface area contributed by atoms with Gasteiger partial charge >= 0.3 is 21.7 Å². The van der Waals surface area contributed by atoms with Gasteiger partial charge < -0.3 is 24.8 Å². The largest absolute Gasteiger partial charge is 3.00 e. The normalized spacial score (nSPS) is 22.8. The average Bonchev–Trinajstić information content (AvgIpc) is 2.78. The Kier molecular flexibility index (Phi) is 11.3. The first-order chi connectivity index (χ1) is 9.62. The van der Waals surface area contributed by atoms with Crippen molar-refractivity contribution in [3.8, 4) is 0 Å². The minimum Gasteiger partial charge on any atom is -1.00 e. The van der Waals surface area contributed by atoms with E-state index in [1.54, 1.807) is 5.57 Å². The molecule has 2 aliphatic rings. The molecule has 2 aliphatic carbocycles. The van der Waals surface area contributed by atoms with Gasteiger partial charge in [-0.15, -0.1) is 18.2 Å². The van der Waals surface area contributed by atoms with Crippen LogP contribution in [0.15, 0.2) is 41.5 Å². The minimum atomic E-state index is 0. The summed E-state index contributed by atoms with van der Waals surface area (Å²) in [5.41, 5.74) is 3.16. The Hall–Kier alpha value is 0.604. The predicted molar refractivity (Wildman–Crippen MR) is 96.5 cm³/mol. The number of allylic oxidation sites excluding steroid dienone is 7. The number of rotatable bonds is 3. The zero-order valence-electron chi connectivity index (χ0n) is 15.7. The quantitative estimate of drug-likeness (QED) is 0.467. The summed E-state index contributed by atoms with van der Waals surface area (Å²) < 4.78 is 0.417. The average molecular weight is 420 g/mol. The molecule has 0 heterocycles. The van der Waals surface area contributed by atoms with E-state index in [1.165, 1.54) is 5.57 Å². The van der Waals surface area contributed by atoms with Gasteiger partial charge in [-0.25, -0.2) is 11.6 Å². The maximum Gasteiger partial charge on any atom is 3.00 e. The summed E-state index contributed by atoms with van der Waals surface area (Å²) in [6.07, 6.45) is 18.2. The monoisotopic (exact) mass is 419 g/mol. The maximum absolute atomic E-state index is 3.53. The van der Waals surface area contributed by atoms with E-state index in [4.69, 9.17) is 0 Å². The molecule has 133 valence electrons. The van der Waals surface area contributed by atoms with Crippen LogP contribution in [0.3, 0.4) is 0 Å². The Morgan fingerprint density at radius 1 is 1.08 bits per heavy atom. The van der Waals surface area contributed by atoms with Gasteiger partial charge in [0.05, 0.1) is 0 Å². The summed E-state index contributed by atoms with van der Waals surface area (Å²) in [6.45, 7) is 14.0. The molecule has 0 spiro atoms. The number of hydrogen-bond acceptors (Lipinski definition) is 1. The van der Waals surface area contributed by atoms with Gasteiger partial charge in [0, 0.05) is 9.49 Å². The van der Waals surface area contributed by atoms with Crippen molar-refractivity contribution < 1.29 is 46.5 Å². The molecule has 0 saturated heterocycles. The Balaban J connectivity index is 0. The summed E-state index contributed by atoms with van der Waals surface area (Å²) in [5, 5.41) is 0. The van der Waals surface area contributed by atoms with Crippen LogP contribution in [-0.2, 0) is 21.7 Å². The van der Waals surface area contributed by atoms with Crippen molar-refractivity contribution in [1.29, 1.82) is 0 Å². The molecule has 0 saturated carbocycles. The van der Waals surface area contributed by atoms with Crippen LogP contribution >= 0.6 is 11.8 Å². The van der Waals surface area contributed by atoms with E-state index in [0.29, 0.717) is 0 Å². The second kappa shape index (κ2) is 10.1. The minimum absolute atomic E-state index is 0. The van der Waals surface area contributed by atoms with Crippen molar-refractivity contribution in [1.82, 2.24) is 0 Å². The fourth-order valence-electron chi connectivity index (χ4n) is 3.38. The molecule has 0 aromatic rings. The van der Waals surface area contributed by atoms with Crippen molar-refractivity contribution >= 4 is 11.8 Å². The SMILES string of the molecule is CC(C)(C)SC1(CC2=[C-]CC=C2)CC=CC=C1C(C)(C)C.[Cl-].[Cl-].[Ti+3]. The van der Waals surface area contributed by atoms with Crippen molar-refractivity contribution in [2.45, 2.75) is 70.3 Å². The number of hydrogen-bond donors (Lipinski definition) is 0. The molecule has 0 bridgehead atoms. The zero-order chi connectivity index (χ0) is 15.7. The first kappa shape index (κ1) is 26.8. The zero-order valence-corrected chi connectivity index (χ0v) is 19.6. The smallest absolute Gasteiger partial charge is 1.00 e. The number of thioether (sulfide) groups is 1. The molecular formula is C20H29Cl2STi. The molecule has 0 aromatic carbocycles. The molecule has 2 rings (SSSR count). The van der Waals surface area contributed by atoms with E-state index >= 15 is 0 Å². The molecule has 0 nitrogen and oxygen atoms in total. The van der Waals surface area contributed by atoms with Crippen LogP contribution in [0.4, 0.5) is 0 Å². The van der Waals surface area contributed by atoms with E-state index < -0.39 is 0 Å². The van der Waals surface area contributed by atoms with Gasteiger partial charge in [-0.3, -0.25) is 6.08 Å². The topological polar surface area (TPSA) is 0 Å². The van der Waals surface area contributed by atoms with Crippen LogP contribution in [0, 0.1) is 11.5 Å². The third-order valence-electron chi connectivity index (χ3n) is 3.89. The van der Waals surface area contributed by atoms with Crippen molar-refractivity contribution in [2.75, 3.05) is 0 Å². The Labute approximate surface area is 180 Å². The molecular weight excluding hydrogens is 391 g/mol. The van der Waals surface area contributed by atoms with Crippen LogP contribution in [0.5, 0.6) is 0 Å². The van der Waals surface area contributed by atoms with E-state index in [2.05, 4.69) is 89.8 Å². The first-order valence-corrected chi connectivity index (χ1v) is 8.78. The molecule has 1 radical (unpaired) electrons. The van der Waals surface area contributed by atoms with Crippen LogP contribution < -0.4 is 24.8 Å². The van der Waals surface area contributed by atoms with E-state index in [0.717, 1.165) is 19.3 Å². The third kappa shape index (κ3) is 7.08. The molecule has 0 amide bonds. The Morgan fingerprint density at radius 2 is 1.71 bits per heavy atom. The van der Waals surface area contributed by atoms with Crippen molar-refractivity contribution in [3.63, 3.8) is 0 Å². The molecule has 4 heteroatoms. The van der Waals surface area contributed by atoms with Crippen molar-refractivity contribution in [3.05, 3.63) is 47.6 Å². The van der Waals surface area contributed by atoms with E-state index in [1.807, 2.05) is 0 Å². The van der Waals surface area contributed by atoms with Gasteiger partial charge in [0.2, 0.25) is 0 Å². The Bertz CT molecular complexity index is 519. The standard InChI is InChI=1S/C20H29S.2ClH.Ti/c1-18(2,3)17-13-9-10-14-20(17,21-19(4,5)6)15-16-11-7-8-12-16;;;/h7,9-11,13H,8,14-15H2,1-6H3;2*1H;/q-1;;;+3/p-2. The molecule has 24 heavy (non-hydrogen) atoms. The van der Waals surface area contributed by atoms with Gasteiger partial charge in [0.25, 0.3) is 0 Å². The summed E-state index contributed by atoms with van der Waals surface area (Å²) in [5.74, 6) is 0.